The van der Waals surface area contributed by atoms with E-state index in [0.717, 1.165) is 11.2 Å². The van der Waals surface area contributed by atoms with Gasteiger partial charge >= 0.3 is 45.7 Å². The number of aliphatic carboxylic acids is 1. The summed E-state index contributed by atoms with van der Waals surface area (Å²) in [7, 11) is -7.90. The maximum Gasteiger partial charge on any atom is 1.00 e. The molecule has 13 nitrogen and oxygen atoms in total. The van der Waals surface area contributed by atoms with E-state index in [1.165, 1.54) is 29.2 Å². The standard InChI is InChI=1S/C18H20N4O9S2.Na/c1-32(27,28)31-15-11-6-7-21(13-12(11)22(16(13)23)14(15)17(24)25)18(26)20-8-9-2-4-10(5-3-9)33(19,29)30;/h2-5,11-13H,6-8H2,1H3,(H,20,26)(H,24,25)(H2,19,29,30);/q;+1/p-1/t11?,12-,13+;/m1./s1. The number of primary sulfonamides is 1. The minimum absolute atomic E-state index is 0. The second-order valence-electron chi connectivity index (χ2n) is 7.87. The molecule has 3 N–H and O–H groups in total. The van der Waals surface area contributed by atoms with Gasteiger partial charge in [-0.25, -0.2) is 18.4 Å². The molecule has 1 unspecified atom stereocenters. The summed E-state index contributed by atoms with van der Waals surface area (Å²) in [4.78, 5) is 39.2. The maximum atomic E-state index is 12.8. The van der Waals surface area contributed by atoms with E-state index in [1.807, 2.05) is 0 Å². The molecule has 2 fully saturated rings. The second kappa shape index (κ2) is 9.13. The third kappa shape index (κ3) is 4.67. The van der Waals surface area contributed by atoms with Crippen LogP contribution in [0.5, 0.6) is 0 Å². The van der Waals surface area contributed by atoms with Gasteiger partial charge in [-0.05, 0) is 24.1 Å². The summed E-state index contributed by atoms with van der Waals surface area (Å²) in [5.74, 6) is -3.48. The average molecular weight is 522 g/mol. The van der Waals surface area contributed by atoms with Gasteiger partial charge < -0.3 is 24.3 Å². The number of hydrogen-bond donors (Lipinski definition) is 2. The fourth-order valence-corrected chi connectivity index (χ4v) is 5.45. The Bertz CT molecular complexity index is 1290. The number of likely N-dealkylation sites (tertiary alicyclic amines) is 1. The van der Waals surface area contributed by atoms with Crippen molar-refractivity contribution < 1.29 is 70.1 Å². The SMILES string of the molecule is CS(=O)(=O)OC1=C(C(=O)[O-])N2C(=O)[C@@H]3[C@H]2C1CCN3C(=O)NCc1ccc(S(N)(=O)=O)cc1.[Na+]. The van der Waals surface area contributed by atoms with Crippen molar-refractivity contribution in [3.05, 3.63) is 41.3 Å². The topological polar surface area (TPSA) is 196 Å². The van der Waals surface area contributed by atoms with E-state index in [-0.39, 0.29) is 59.7 Å². The summed E-state index contributed by atoms with van der Waals surface area (Å²) in [5.41, 5.74) is -0.0494. The number of carbonyl (C=O) groups excluding carboxylic acids is 3. The van der Waals surface area contributed by atoms with Gasteiger partial charge in [-0.3, -0.25) is 9.69 Å². The quantitative estimate of drug-likeness (QED) is 0.208. The molecule has 3 aliphatic heterocycles. The van der Waals surface area contributed by atoms with E-state index in [1.54, 1.807) is 0 Å². The zero-order valence-electron chi connectivity index (χ0n) is 18.1. The minimum Gasteiger partial charge on any atom is -0.543 e. The number of rotatable bonds is 6. The number of nitrogens with one attached hydrogen (secondary N) is 1. The van der Waals surface area contributed by atoms with Crippen molar-refractivity contribution in [2.24, 2.45) is 11.1 Å². The molecule has 4 rings (SSSR count). The predicted molar refractivity (Wildman–Crippen MR) is 107 cm³/mol. The first-order chi connectivity index (χ1) is 15.3. The van der Waals surface area contributed by atoms with E-state index in [2.05, 4.69) is 5.32 Å². The Morgan fingerprint density at radius 3 is 2.35 bits per heavy atom. The molecule has 0 aliphatic carbocycles. The Hall–Kier alpha value is -2.17. The summed E-state index contributed by atoms with van der Waals surface area (Å²) in [6, 6.07) is 3.21. The molecule has 0 spiro atoms. The molecule has 16 heteroatoms. The predicted octanol–water partition coefficient (Wildman–Crippen LogP) is -5.60. The molecule has 2 saturated heterocycles. The maximum absolute atomic E-state index is 12.8. The first-order valence-electron chi connectivity index (χ1n) is 9.64. The molecule has 0 saturated carbocycles. The van der Waals surface area contributed by atoms with Crippen LogP contribution in [0.15, 0.2) is 40.6 Å². The Balaban J connectivity index is 0.00000324. The van der Waals surface area contributed by atoms with Crippen molar-refractivity contribution in [3.63, 3.8) is 0 Å². The Morgan fingerprint density at radius 2 is 1.82 bits per heavy atom. The van der Waals surface area contributed by atoms with Crippen molar-refractivity contribution >= 4 is 38.0 Å². The Morgan fingerprint density at radius 1 is 1.21 bits per heavy atom. The number of urea groups is 1. The number of carboxylic acid groups (broad SMARTS) is 1. The van der Waals surface area contributed by atoms with Crippen LogP contribution in [0.25, 0.3) is 0 Å². The monoisotopic (exact) mass is 522 g/mol. The number of β-lactam (4-membered cyclic amide) rings is 1. The van der Waals surface area contributed by atoms with Gasteiger partial charge in [-0.15, -0.1) is 0 Å². The third-order valence-corrected chi connectivity index (χ3v) is 7.15. The molecule has 3 heterocycles. The molecule has 34 heavy (non-hydrogen) atoms. The van der Waals surface area contributed by atoms with E-state index in [9.17, 15) is 36.3 Å². The summed E-state index contributed by atoms with van der Waals surface area (Å²) >= 11 is 0. The number of carboxylic acids is 1. The van der Waals surface area contributed by atoms with E-state index in [0.29, 0.717) is 5.56 Å². The molecule has 0 radical (unpaired) electrons. The van der Waals surface area contributed by atoms with Crippen molar-refractivity contribution in [1.82, 2.24) is 15.1 Å². The van der Waals surface area contributed by atoms with Crippen molar-refractivity contribution in [2.75, 3.05) is 12.8 Å². The summed E-state index contributed by atoms with van der Waals surface area (Å²) in [5, 5.41) is 19.3. The minimum atomic E-state index is -4.05. The van der Waals surface area contributed by atoms with Crippen LogP contribution in [0.2, 0.25) is 0 Å². The van der Waals surface area contributed by atoms with Gasteiger partial charge in [0, 0.05) is 19.0 Å². The number of benzene rings is 1. The molecule has 1 aromatic rings. The number of hydrogen-bond acceptors (Lipinski definition) is 9. The average Bonchev–Trinajstić information content (AvgIpc) is 3.02. The normalized spacial score (nSPS) is 23.6. The Labute approximate surface area is 217 Å². The van der Waals surface area contributed by atoms with Crippen LogP contribution in [0, 0.1) is 5.92 Å². The molecule has 3 aliphatic rings. The van der Waals surface area contributed by atoms with E-state index >= 15 is 0 Å². The zero-order valence-corrected chi connectivity index (χ0v) is 21.8. The Kier molecular flexibility index (Phi) is 7.09. The molecule has 1 aromatic carbocycles. The number of sulfonamides is 1. The summed E-state index contributed by atoms with van der Waals surface area (Å²) in [6.07, 6.45) is 0.933. The molecule has 178 valence electrons. The number of carbonyl (C=O) groups is 3. The first kappa shape index (κ1) is 26.4. The van der Waals surface area contributed by atoms with Gasteiger partial charge in [0.25, 0.3) is 5.91 Å². The van der Waals surface area contributed by atoms with Crippen LogP contribution < -0.4 is 45.1 Å². The van der Waals surface area contributed by atoms with Crippen LogP contribution in [0.1, 0.15) is 12.0 Å². The van der Waals surface area contributed by atoms with Crippen molar-refractivity contribution in [2.45, 2.75) is 29.9 Å². The molecule has 3 atom stereocenters. The molecular weight excluding hydrogens is 503 g/mol. The van der Waals surface area contributed by atoms with Crippen molar-refractivity contribution in [3.8, 4) is 0 Å². The largest absolute Gasteiger partial charge is 1.00 e. The number of amides is 3. The van der Waals surface area contributed by atoms with Gasteiger partial charge in [0.15, 0.2) is 5.76 Å². The third-order valence-electron chi connectivity index (χ3n) is 5.74. The second-order valence-corrected chi connectivity index (χ2v) is 11.0. The van der Waals surface area contributed by atoms with Crippen LogP contribution in [0.4, 0.5) is 4.79 Å². The smallest absolute Gasteiger partial charge is 0.543 e. The summed E-state index contributed by atoms with van der Waals surface area (Å²) < 4.78 is 50.8. The molecule has 0 aromatic heterocycles. The number of nitrogens with zero attached hydrogens (tertiary/aromatic N) is 2. The first-order valence-corrected chi connectivity index (χ1v) is 13.0. The molecule has 0 bridgehead atoms. The van der Waals surface area contributed by atoms with Gasteiger partial charge in [0.05, 0.1) is 23.2 Å². The van der Waals surface area contributed by atoms with Crippen molar-refractivity contribution in [1.29, 1.82) is 0 Å². The van der Waals surface area contributed by atoms with Crippen LogP contribution >= 0.6 is 0 Å². The van der Waals surface area contributed by atoms with Crippen LogP contribution in [-0.2, 0) is 40.5 Å². The fraction of sp³-hybridized carbons (Fsp3) is 0.389. The van der Waals surface area contributed by atoms with Crippen LogP contribution in [0.3, 0.4) is 0 Å². The number of piperidine rings is 1. The molecular formula is C18H19N4NaO9S2. The zero-order chi connectivity index (χ0) is 24.3. The van der Waals surface area contributed by atoms with Gasteiger partial charge in [-0.1, -0.05) is 12.1 Å². The molecule has 3 amide bonds. The van der Waals surface area contributed by atoms with E-state index < -0.39 is 61.7 Å². The number of nitrogens with two attached hydrogens (primary N) is 1. The van der Waals surface area contributed by atoms with E-state index in [4.69, 9.17) is 9.32 Å². The van der Waals surface area contributed by atoms with Gasteiger partial charge in [0.1, 0.15) is 11.7 Å². The van der Waals surface area contributed by atoms with Gasteiger partial charge in [0.2, 0.25) is 10.0 Å². The van der Waals surface area contributed by atoms with Gasteiger partial charge in [-0.2, -0.15) is 8.42 Å². The summed E-state index contributed by atoms with van der Waals surface area (Å²) in [6.45, 7) is 0.0858. The van der Waals surface area contributed by atoms with Crippen LogP contribution in [-0.4, -0.2) is 69.4 Å². The fourth-order valence-electron chi connectivity index (χ4n) is 4.41.